The Labute approximate surface area is 141 Å². The van der Waals surface area contributed by atoms with Crippen LogP contribution < -0.4 is 14.4 Å². The van der Waals surface area contributed by atoms with Crippen molar-refractivity contribution in [2.75, 3.05) is 25.1 Å². The van der Waals surface area contributed by atoms with Crippen LogP contribution in [0.1, 0.15) is 5.56 Å². The zero-order valence-corrected chi connectivity index (χ0v) is 14.0. The molecule has 0 fully saturated rings. The molecule has 0 aromatic heterocycles. The number of carbonyl (C=O) groups excluding carboxylic acids is 1. The number of amides is 1. The second kappa shape index (κ2) is 6.62. The number of hydrogen-bond acceptors (Lipinski definition) is 4. The van der Waals surface area contributed by atoms with Gasteiger partial charge < -0.3 is 9.64 Å². The maximum absolute atomic E-state index is 12.4. The largest absolute Gasteiger partial charge is 0.497 e. The maximum Gasteiger partial charge on any atom is 0.242 e. The van der Waals surface area contributed by atoms with Gasteiger partial charge in [-0.2, -0.15) is 0 Å². The lowest BCUT2D eigenvalue weighted by atomic mass is 10.2. The Hall–Kier alpha value is -2.38. The van der Waals surface area contributed by atoms with Crippen molar-refractivity contribution in [3.8, 4) is 5.75 Å². The van der Waals surface area contributed by atoms with Crippen LogP contribution in [0.2, 0.25) is 0 Å². The molecule has 126 valence electrons. The molecule has 0 saturated heterocycles. The summed E-state index contributed by atoms with van der Waals surface area (Å²) in [4.78, 5) is 14.1. The van der Waals surface area contributed by atoms with Crippen molar-refractivity contribution in [1.82, 2.24) is 4.72 Å². The average molecular weight is 346 g/mol. The normalized spacial score (nSPS) is 13.6. The summed E-state index contributed by atoms with van der Waals surface area (Å²) in [5.74, 6) is 0.302. The monoisotopic (exact) mass is 346 g/mol. The molecular weight excluding hydrogens is 328 g/mol. The topological polar surface area (TPSA) is 75.7 Å². The Balaban J connectivity index is 1.67. The fraction of sp³-hybridized carbons (Fsp3) is 0.235. The number of benzene rings is 2. The Morgan fingerprint density at radius 1 is 1.17 bits per heavy atom. The number of nitrogens with one attached hydrogen (secondary N) is 1. The molecule has 2 aromatic rings. The van der Waals surface area contributed by atoms with E-state index in [2.05, 4.69) is 4.72 Å². The van der Waals surface area contributed by atoms with Gasteiger partial charge in [0.05, 0.1) is 18.6 Å². The van der Waals surface area contributed by atoms with E-state index in [-0.39, 0.29) is 17.3 Å². The number of ether oxygens (including phenoxy) is 1. The molecule has 6 nitrogen and oxygen atoms in total. The number of methoxy groups -OCH3 is 1. The summed E-state index contributed by atoms with van der Waals surface area (Å²) in [6, 6.07) is 13.7. The summed E-state index contributed by atoms with van der Waals surface area (Å²) in [6.45, 7) is 0.297. The molecule has 0 atom stereocenters. The second-order valence-corrected chi connectivity index (χ2v) is 7.19. The summed E-state index contributed by atoms with van der Waals surface area (Å²) in [5, 5.41) is 0. The first-order valence-electron chi connectivity index (χ1n) is 7.53. The molecule has 0 aliphatic carbocycles. The van der Waals surface area contributed by atoms with E-state index in [1.807, 2.05) is 24.3 Å². The first kappa shape index (κ1) is 16.5. The van der Waals surface area contributed by atoms with E-state index < -0.39 is 10.0 Å². The summed E-state index contributed by atoms with van der Waals surface area (Å²) >= 11 is 0. The van der Waals surface area contributed by atoms with Crippen molar-refractivity contribution in [3.05, 3.63) is 54.1 Å². The molecule has 0 spiro atoms. The van der Waals surface area contributed by atoms with E-state index >= 15 is 0 Å². The maximum atomic E-state index is 12.4. The highest BCUT2D eigenvalue weighted by Crippen LogP contribution is 2.27. The smallest absolute Gasteiger partial charge is 0.242 e. The molecule has 1 amide bonds. The van der Waals surface area contributed by atoms with Gasteiger partial charge in [-0.05, 0) is 42.3 Å². The first-order chi connectivity index (χ1) is 11.5. The van der Waals surface area contributed by atoms with Crippen molar-refractivity contribution >= 4 is 21.6 Å². The molecule has 1 aliphatic heterocycles. The predicted octanol–water partition coefficient (Wildman–Crippen LogP) is 1.56. The van der Waals surface area contributed by atoms with Crippen LogP contribution >= 0.6 is 0 Å². The fourth-order valence-corrected chi connectivity index (χ4v) is 3.66. The van der Waals surface area contributed by atoms with Crippen LogP contribution in [0.4, 0.5) is 5.69 Å². The van der Waals surface area contributed by atoms with Gasteiger partial charge in [-0.1, -0.05) is 18.2 Å². The minimum Gasteiger partial charge on any atom is -0.497 e. The van der Waals surface area contributed by atoms with Gasteiger partial charge in [0.2, 0.25) is 15.9 Å². The van der Waals surface area contributed by atoms with Crippen LogP contribution in [0.5, 0.6) is 5.75 Å². The lowest BCUT2D eigenvalue weighted by Gasteiger charge is -2.17. The molecule has 24 heavy (non-hydrogen) atoms. The summed E-state index contributed by atoms with van der Waals surface area (Å²) < 4.78 is 31.9. The minimum atomic E-state index is -3.74. The van der Waals surface area contributed by atoms with Crippen molar-refractivity contribution in [3.63, 3.8) is 0 Å². The highest BCUT2D eigenvalue weighted by atomic mass is 32.2. The molecule has 3 rings (SSSR count). The zero-order chi connectivity index (χ0) is 17.2. The number of anilines is 1. The van der Waals surface area contributed by atoms with Gasteiger partial charge in [-0.25, -0.2) is 13.1 Å². The van der Waals surface area contributed by atoms with E-state index in [0.29, 0.717) is 12.3 Å². The van der Waals surface area contributed by atoms with Crippen LogP contribution in [0.25, 0.3) is 0 Å². The van der Waals surface area contributed by atoms with E-state index in [4.69, 9.17) is 4.74 Å². The molecule has 2 aromatic carbocycles. The number of fused-ring (bicyclic) bond motifs is 1. The van der Waals surface area contributed by atoms with E-state index in [0.717, 1.165) is 17.7 Å². The Morgan fingerprint density at radius 2 is 1.88 bits per heavy atom. The van der Waals surface area contributed by atoms with Crippen LogP contribution in [-0.2, 0) is 21.2 Å². The van der Waals surface area contributed by atoms with Crippen molar-refractivity contribution in [1.29, 1.82) is 0 Å². The lowest BCUT2D eigenvalue weighted by Crippen LogP contribution is -2.39. The van der Waals surface area contributed by atoms with Crippen LogP contribution in [0, 0.1) is 0 Å². The van der Waals surface area contributed by atoms with Gasteiger partial charge in [0.15, 0.2) is 0 Å². The summed E-state index contributed by atoms with van der Waals surface area (Å²) in [6.07, 6.45) is 0.785. The highest BCUT2D eigenvalue weighted by Gasteiger charge is 2.25. The molecule has 0 radical (unpaired) electrons. The molecule has 1 aliphatic rings. The summed E-state index contributed by atoms with van der Waals surface area (Å²) in [5.41, 5.74) is 1.95. The molecule has 0 saturated carbocycles. The molecule has 7 heteroatoms. The first-order valence-corrected chi connectivity index (χ1v) is 9.01. The van der Waals surface area contributed by atoms with Crippen LogP contribution in [0.3, 0.4) is 0 Å². The molecule has 0 bridgehead atoms. The van der Waals surface area contributed by atoms with E-state index in [1.54, 1.807) is 17.0 Å². The van der Waals surface area contributed by atoms with Gasteiger partial charge in [0.1, 0.15) is 5.75 Å². The van der Waals surface area contributed by atoms with E-state index in [1.165, 1.54) is 19.2 Å². The predicted molar refractivity (Wildman–Crippen MR) is 90.7 cm³/mol. The molecular formula is C17H18N2O4S. The van der Waals surface area contributed by atoms with E-state index in [9.17, 15) is 13.2 Å². The van der Waals surface area contributed by atoms with Gasteiger partial charge in [-0.3, -0.25) is 4.79 Å². The standard InChI is InChI=1S/C17H18N2O4S/c1-23-14-6-8-15(9-7-14)24(21,22)18-12-17(20)19-11-10-13-4-2-3-5-16(13)19/h2-9,18H,10-12H2,1H3. The van der Waals surface area contributed by atoms with Crippen molar-refractivity contribution in [2.24, 2.45) is 0 Å². The zero-order valence-electron chi connectivity index (χ0n) is 13.2. The minimum absolute atomic E-state index is 0.0953. The number of nitrogens with zero attached hydrogens (tertiary/aromatic N) is 1. The number of para-hydroxylation sites is 1. The third-order valence-electron chi connectivity index (χ3n) is 3.97. The van der Waals surface area contributed by atoms with Crippen LogP contribution in [-0.4, -0.2) is 34.5 Å². The number of hydrogen-bond donors (Lipinski definition) is 1. The number of carbonyl (C=O) groups is 1. The van der Waals surface area contributed by atoms with Gasteiger partial charge in [0, 0.05) is 12.2 Å². The molecule has 0 unspecified atom stereocenters. The second-order valence-electron chi connectivity index (χ2n) is 5.42. The third kappa shape index (κ3) is 3.27. The van der Waals surface area contributed by atoms with Crippen LogP contribution in [0.15, 0.2) is 53.4 Å². The highest BCUT2D eigenvalue weighted by molar-refractivity contribution is 7.89. The number of rotatable bonds is 5. The number of sulfonamides is 1. The fourth-order valence-electron chi connectivity index (χ4n) is 2.69. The SMILES string of the molecule is COc1ccc(S(=O)(=O)NCC(=O)N2CCc3ccccc32)cc1. The molecule has 1 N–H and O–H groups in total. The Bertz CT molecular complexity index is 847. The van der Waals surface area contributed by atoms with Crippen molar-refractivity contribution < 1.29 is 17.9 Å². The Morgan fingerprint density at radius 3 is 2.58 bits per heavy atom. The summed E-state index contributed by atoms with van der Waals surface area (Å²) in [7, 11) is -2.23. The third-order valence-corrected chi connectivity index (χ3v) is 5.39. The van der Waals surface area contributed by atoms with Crippen molar-refractivity contribution in [2.45, 2.75) is 11.3 Å². The average Bonchev–Trinajstić information content (AvgIpc) is 3.04. The van der Waals surface area contributed by atoms with Gasteiger partial charge in [-0.15, -0.1) is 0 Å². The molecule has 1 heterocycles. The van der Waals surface area contributed by atoms with Gasteiger partial charge >= 0.3 is 0 Å². The Kier molecular flexibility index (Phi) is 4.55. The van der Waals surface area contributed by atoms with Gasteiger partial charge in [0.25, 0.3) is 0 Å². The quantitative estimate of drug-likeness (QED) is 0.891. The lowest BCUT2D eigenvalue weighted by molar-refractivity contribution is -0.117.